The maximum atomic E-state index is 2.50. The van der Waals surface area contributed by atoms with Gasteiger partial charge in [-0.3, -0.25) is 0 Å². The number of hydrogen-bond donors (Lipinski definition) is 0. The zero-order valence-corrected chi connectivity index (χ0v) is 49.7. The second kappa shape index (κ2) is 20.6. The molecule has 0 N–H and O–H groups in total. The highest BCUT2D eigenvalue weighted by atomic mass is 127. The Balaban J connectivity index is 0.887. The Kier molecular flexibility index (Phi) is 12.4. The molecule has 0 aliphatic carbocycles. The van der Waals surface area contributed by atoms with Crippen molar-refractivity contribution in [2.45, 2.75) is 12.8 Å². The summed E-state index contributed by atoms with van der Waals surface area (Å²) >= 11 is 5.00. The zero-order chi connectivity index (χ0) is 55.1. The van der Waals surface area contributed by atoms with Crippen LogP contribution in [0.3, 0.4) is 0 Å². The molecule has 3 aromatic heterocycles. The summed E-state index contributed by atoms with van der Waals surface area (Å²) in [4.78, 5) is 0. The molecule has 0 aliphatic rings. The van der Waals surface area contributed by atoms with Crippen molar-refractivity contribution in [2.75, 3.05) is 8.86 Å². The van der Waals surface area contributed by atoms with E-state index in [4.69, 9.17) is 0 Å². The average molecular weight is 1290 g/mol. The van der Waals surface area contributed by atoms with E-state index >= 15 is 0 Å². The van der Waals surface area contributed by atoms with E-state index < -0.39 is 0 Å². The number of fused-ring (bicyclic) bond motifs is 11. The highest BCUT2D eigenvalue weighted by molar-refractivity contribution is 14.1. The monoisotopic (exact) mass is 1290 g/mol. The zero-order valence-electron chi connectivity index (χ0n) is 45.4. The van der Waals surface area contributed by atoms with Crippen LogP contribution in [-0.2, 0) is 12.8 Å². The van der Waals surface area contributed by atoms with Crippen LogP contribution in [0.4, 0.5) is 0 Å². The fourth-order valence-corrected chi connectivity index (χ4v) is 14.8. The smallest absolute Gasteiger partial charge is 0.0541 e. The number of hydrogen-bond acceptors (Lipinski definition) is 0. The Labute approximate surface area is 509 Å². The van der Waals surface area contributed by atoms with Crippen LogP contribution in [0.5, 0.6) is 0 Å². The lowest BCUT2D eigenvalue weighted by molar-refractivity contribution is 1.16. The van der Waals surface area contributed by atoms with E-state index in [1.54, 1.807) is 0 Å². The molecule has 3 heterocycles. The molecule has 16 rings (SSSR count). The van der Waals surface area contributed by atoms with Crippen molar-refractivity contribution in [3.63, 3.8) is 0 Å². The third-order valence-corrected chi connectivity index (χ3v) is 18.4. The molecule has 0 atom stereocenters. The first-order chi connectivity index (χ1) is 41.1. The Bertz CT molecular complexity index is 4930. The van der Waals surface area contributed by atoms with E-state index in [1.165, 1.54) is 154 Å². The minimum absolute atomic E-state index is 1.04. The quantitative estimate of drug-likeness (QED) is 0.0697. The Morgan fingerprint density at radius 2 is 0.482 bits per heavy atom. The lowest BCUT2D eigenvalue weighted by atomic mass is 9.86. The van der Waals surface area contributed by atoms with Crippen LogP contribution >= 0.6 is 45.2 Å². The van der Waals surface area contributed by atoms with E-state index in [2.05, 4.69) is 332 Å². The van der Waals surface area contributed by atoms with Gasteiger partial charge in [-0.15, -0.1) is 0 Å². The van der Waals surface area contributed by atoms with Gasteiger partial charge in [-0.25, -0.2) is 0 Å². The summed E-state index contributed by atoms with van der Waals surface area (Å²) < 4.78 is 9.49. The van der Waals surface area contributed by atoms with Gasteiger partial charge < -0.3 is 13.7 Å². The van der Waals surface area contributed by atoms with Gasteiger partial charge in [0.2, 0.25) is 0 Å². The predicted molar refractivity (Wildman–Crippen MR) is 371 cm³/mol. The third kappa shape index (κ3) is 8.33. The van der Waals surface area contributed by atoms with Crippen LogP contribution in [0.25, 0.3) is 149 Å². The van der Waals surface area contributed by atoms with E-state index in [-0.39, 0.29) is 0 Å². The maximum absolute atomic E-state index is 2.50. The predicted octanol–water partition coefficient (Wildman–Crippen LogP) is 21.9. The standard InChI is InChI=1S/C78H53I2N3/c79-42-40-50-24-34-71-65(44-50)67-46-54(28-36-73(67)81(71)58-16-6-2-7-17-58)56-30-38-75-69(48-56)70-49-57(55-29-37-74-68(47-55)66-45-51(41-43-80)25-35-72(66)82(74)59-18-8-3-9-19-59)31-39-76(70)83(75)60-32-26-53(27-33-60)78-63-22-12-10-20-61(63)77(52-14-4-1-5-15-52)62-21-11-13-23-64(62)78/h1-39,44-49H,40-43H2. The molecule has 0 saturated carbocycles. The van der Waals surface area contributed by atoms with Gasteiger partial charge in [-0.1, -0.05) is 209 Å². The number of alkyl halides is 2. The number of benzene rings is 13. The second-order valence-corrected chi connectivity index (χ2v) is 24.1. The average Bonchev–Trinajstić information content (AvgIpc) is 4.32. The Morgan fingerprint density at radius 3 is 0.819 bits per heavy atom. The second-order valence-electron chi connectivity index (χ2n) is 21.9. The summed E-state index contributed by atoms with van der Waals surface area (Å²) in [5.74, 6) is 0. The molecule has 0 radical (unpaired) electrons. The molecule has 0 fully saturated rings. The number of nitrogens with zero attached hydrogens (tertiary/aromatic N) is 3. The summed E-state index contributed by atoms with van der Waals surface area (Å²) in [7, 11) is 0. The van der Waals surface area contributed by atoms with Crippen LogP contribution in [-0.4, -0.2) is 22.6 Å². The van der Waals surface area contributed by atoms with Gasteiger partial charge in [0.05, 0.1) is 33.1 Å². The fraction of sp³-hybridized carbons (Fsp3) is 0.0513. The van der Waals surface area contributed by atoms with Crippen molar-refractivity contribution in [1.82, 2.24) is 13.7 Å². The Hall–Kier alpha value is -8.76. The van der Waals surface area contributed by atoms with E-state index in [9.17, 15) is 0 Å². The van der Waals surface area contributed by atoms with Gasteiger partial charge in [0.25, 0.3) is 0 Å². The van der Waals surface area contributed by atoms with Crippen molar-refractivity contribution in [2.24, 2.45) is 0 Å². The molecule has 83 heavy (non-hydrogen) atoms. The van der Waals surface area contributed by atoms with E-state index in [0.717, 1.165) is 27.4 Å². The molecule has 0 unspecified atom stereocenters. The first-order valence-corrected chi connectivity index (χ1v) is 31.7. The largest absolute Gasteiger partial charge is 0.309 e. The van der Waals surface area contributed by atoms with Crippen molar-refractivity contribution in [3.8, 4) is 61.6 Å². The van der Waals surface area contributed by atoms with Gasteiger partial charge in [-0.2, -0.15) is 0 Å². The van der Waals surface area contributed by atoms with Crippen molar-refractivity contribution >= 4 is 132 Å². The summed E-state index contributed by atoms with van der Waals surface area (Å²) in [5, 5.41) is 12.6. The van der Waals surface area contributed by atoms with Crippen molar-refractivity contribution < 1.29 is 0 Å². The fourth-order valence-electron chi connectivity index (χ4n) is 13.5. The van der Waals surface area contributed by atoms with Crippen LogP contribution in [0, 0.1) is 0 Å². The summed E-state index contributed by atoms with van der Waals surface area (Å²) in [6, 6.07) is 102. The highest BCUT2D eigenvalue weighted by Gasteiger charge is 2.21. The van der Waals surface area contributed by atoms with Crippen LogP contribution in [0.15, 0.2) is 273 Å². The SMILES string of the molecule is ICCc1ccc2c(c1)c1cc(-c3ccc4c(c3)c3cc(-c5ccc6c(c5)c5cc(CCI)ccc5n6-c5ccccc5)ccc3n4-c3ccc(-c4c5ccccc5c(-c5ccccc5)c5ccccc45)cc3)ccc1n2-c1ccccc1. The lowest BCUT2D eigenvalue weighted by Gasteiger charge is -2.18. The van der Waals surface area contributed by atoms with Gasteiger partial charge in [-0.05, 0) is 199 Å². The molecule has 5 heteroatoms. The molecule has 3 nitrogen and oxygen atoms in total. The molecule has 0 saturated heterocycles. The van der Waals surface area contributed by atoms with Crippen molar-refractivity contribution in [1.29, 1.82) is 0 Å². The summed E-state index contributed by atoms with van der Waals surface area (Å²) in [5.41, 5.74) is 23.2. The maximum Gasteiger partial charge on any atom is 0.0541 e. The van der Waals surface area contributed by atoms with Crippen LogP contribution in [0.2, 0.25) is 0 Å². The highest BCUT2D eigenvalue weighted by Crippen LogP contribution is 2.46. The molecule has 16 aromatic rings. The Morgan fingerprint density at radius 1 is 0.217 bits per heavy atom. The normalized spacial score (nSPS) is 11.9. The third-order valence-electron chi connectivity index (χ3n) is 17.3. The minimum Gasteiger partial charge on any atom is -0.309 e. The van der Waals surface area contributed by atoms with Gasteiger partial charge in [0, 0.05) is 58.2 Å². The van der Waals surface area contributed by atoms with Gasteiger partial charge in [0.1, 0.15) is 0 Å². The molecular formula is C78H53I2N3. The molecular weight excluding hydrogens is 1230 g/mol. The molecule has 0 amide bonds. The van der Waals surface area contributed by atoms with Gasteiger partial charge in [0.15, 0.2) is 0 Å². The molecule has 13 aromatic carbocycles. The number of aryl methyl sites for hydroxylation is 2. The number of halogens is 2. The summed E-state index contributed by atoms with van der Waals surface area (Å²) in [6.45, 7) is 0. The molecule has 0 bridgehead atoms. The molecule has 394 valence electrons. The number of aromatic nitrogens is 3. The number of rotatable bonds is 11. The van der Waals surface area contributed by atoms with Crippen molar-refractivity contribution in [3.05, 3.63) is 284 Å². The van der Waals surface area contributed by atoms with E-state index in [0.29, 0.717) is 0 Å². The van der Waals surface area contributed by atoms with Crippen LogP contribution < -0.4 is 0 Å². The first-order valence-electron chi connectivity index (χ1n) is 28.6. The minimum atomic E-state index is 1.04. The topological polar surface area (TPSA) is 14.8 Å². The first kappa shape index (κ1) is 50.0. The van der Waals surface area contributed by atoms with E-state index in [1.807, 2.05) is 0 Å². The number of para-hydroxylation sites is 2. The van der Waals surface area contributed by atoms with Crippen LogP contribution in [0.1, 0.15) is 11.1 Å². The molecule has 0 spiro atoms. The summed E-state index contributed by atoms with van der Waals surface area (Å²) in [6.07, 6.45) is 2.08. The lowest BCUT2D eigenvalue weighted by Crippen LogP contribution is -1.95. The van der Waals surface area contributed by atoms with Gasteiger partial charge >= 0.3 is 0 Å². The molecule has 0 aliphatic heterocycles.